The van der Waals surface area contributed by atoms with Crippen LogP contribution in [0.2, 0.25) is 19.6 Å². The molecule has 0 aromatic rings. The second-order valence-corrected chi connectivity index (χ2v) is 18.7. The lowest BCUT2D eigenvalue weighted by atomic mass is 9.57. The van der Waals surface area contributed by atoms with Gasteiger partial charge in [0.25, 0.3) is 0 Å². The minimum Gasteiger partial charge on any atom is -0.414 e. The highest BCUT2D eigenvalue weighted by atomic mass is 28.4. The van der Waals surface area contributed by atoms with Crippen molar-refractivity contribution in [2.75, 3.05) is 0 Å². The zero-order valence-corrected chi connectivity index (χ0v) is 21.8. The van der Waals surface area contributed by atoms with E-state index in [-0.39, 0.29) is 21.7 Å². The Balaban J connectivity index is 3.75. The molecule has 156 valence electrons. The van der Waals surface area contributed by atoms with Crippen LogP contribution >= 0.6 is 0 Å². The van der Waals surface area contributed by atoms with E-state index in [2.05, 4.69) is 103 Å². The zero-order valence-electron chi connectivity index (χ0n) is 20.8. The molecule has 26 heavy (non-hydrogen) atoms. The predicted molar refractivity (Wildman–Crippen MR) is 120 cm³/mol. The molecule has 1 rings (SSSR count). The SMILES string of the molecule is CC(C)(C)C1C(O[Si](C)(C)C)C(C(C)(C)C)C(C(C)(C)C)C1C(C)(C)C. The zero-order chi connectivity index (χ0) is 21.1. The maximum Gasteiger partial charge on any atom is 0.184 e. The van der Waals surface area contributed by atoms with Gasteiger partial charge in [-0.3, -0.25) is 0 Å². The smallest absolute Gasteiger partial charge is 0.184 e. The highest BCUT2D eigenvalue weighted by Crippen LogP contribution is 2.64. The first-order valence-electron chi connectivity index (χ1n) is 10.8. The van der Waals surface area contributed by atoms with Gasteiger partial charge < -0.3 is 4.43 Å². The number of hydrogen-bond acceptors (Lipinski definition) is 1. The first-order valence-corrected chi connectivity index (χ1v) is 14.2. The maximum atomic E-state index is 7.07. The first-order chi connectivity index (χ1) is 11.1. The molecule has 0 bridgehead atoms. The summed E-state index contributed by atoms with van der Waals surface area (Å²) in [5.74, 6) is 2.49. The molecule has 1 aliphatic carbocycles. The van der Waals surface area contributed by atoms with Crippen LogP contribution in [0, 0.1) is 45.3 Å². The fourth-order valence-corrected chi connectivity index (χ4v) is 6.96. The van der Waals surface area contributed by atoms with Gasteiger partial charge in [-0.15, -0.1) is 0 Å². The van der Waals surface area contributed by atoms with E-state index in [1.165, 1.54) is 0 Å². The van der Waals surface area contributed by atoms with Gasteiger partial charge in [0.15, 0.2) is 8.32 Å². The molecule has 0 amide bonds. The molecule has 0 heterocycles. The van der Waals surface area contributed by atoms with E-state index >= 15 is 0 Å². The third kappa shape index (κ3) is 5.37. The number of hydrogen-bond donors (Lipinski definition) is 0. The van der Waals surface area contributed by atoms with Gasteiger partial charge >= 0.3 is 0 Å². The third-order valence-electron chi connectivity index (χ3n) is 6.36. The van der Waals surface area contributed by atoms with Crippen LogP contribution in [0.5, 0.6) is 0 Å². The molecule has 1 saturated carbocycles. The Bertz CT molecular complexity index is 435. The summed E-state index contributed by atoms with van der Waals surface area (Å²) >= 11 is 0. The van der Waals surface area contributed by atoms with E-state index < -0.39 is 8.32 Å². The summed E-state index contributed by atoms with van der Waals surface area (Å²) in [6.45, 7) is 36.6. The van der Waals surface area contributed by atoms with Crippen LogP contribution < -0.4 is 0 Å². The molecule has 0 aromatic carbocycles. The first kappa shape index (κ1) is 24.2. The van der Waals surface area contributed by atoms with Gasteiger partial charge in [0.05, 0.1) is 6.10 Å². The minimum atomic E-state index is -1.64. The van der Waals surface area contributed by atoms with E-state index in [1.54, 1.807) is 0 Å². The van der Waals surface area contributed by atoms with Crippen molar-refractivity contribution < 1.29 is 4.43 Å². The highest BCUT2D eigenvalue weighted by Gasteiger charge is 2.63. The van der Waals surface area contributed by atoms with Crippen LogP contribution in [0.25, 0.3) is 0 Å². The summed E-state index contributed by atoms with van der Waals surface area (Å²) in [6, 6.07) is 0. The fourth-order valence-electron chi connectivity index (χ4n) is 5.85. The van der Waals surface area contributed by atoms with Gasteiger partial charge in [-0.05, 0) is 65.0 Å². The average Bonchev–Trinajstić information content (AvgIpc) is 2.59. The summed E-state index contributed by atoms with van der Waals surface area (Å²) in [5.41, 5.74) is 1.03. The van der Waals surface area contributed by atoms with E-state index in [1.807, 2.05) is 0 Å². The van der Waals surface area contributed by atoms with E-state index in [9.17, 15) is 0 Å². The molecule has 0 spiro atoms. The van der Waals surface area contributed by atoms with Crippen LogP contribution in [0.3, 0.4) is 0 Å². The van der Waals surface area contributed by atoms with E-state index in [0.29, 0.717) is 29.8 Å². The van der Waals surface area contributed by atoms with Gasteiger partial charge in [0, 0.05) is 0 Å². The quantitative estimate of drug-likeness (QED) is 0.441. The Morgan fingerprint density at radius 1 is 0.462 bits per heavy atom. The molecule has 4 atom stereocenters. The van der Waals surface area contributed by atoms with Crippen LogP contribution in [-0.4, -0.2) is 14.4 Å². The summed E-state index contributed by atoms with van der Waals surface area (Å²) in [7, 11) is -1.64. The lowest BCUT2D eigenvalue weighted by molar-refractivity contribution is -0.00412. The van der Waals surface area contributed by atoms with Crippen molar-refractivity contribution in [1.29, 1.82) is 0 Å². The van der Waals surface area contributed by atoms with Gasteiger partial charge in [0.2, 0.25) is 0 Å². The monoisotopic (exact) mass is 382 g/mol. The van der Waals surface area contributed by atoms with Gasteiger partial charge in [-0.2, -0.15) is 0 Å². The molecule has 1 aliphatic rings. The van der Waals surface area contributed by atoms with Crippen LogP contribution in [-0.2, 0) is 4.43 Å². The maximum absolute atomic E-state index is 7.07. The second-order valence-electron chi connectivity index (χ2n) is 14.3. The van der Waals surface area contributed by atoms with Crippen molar-refractivity contribution in [3.63, 3.8) is 0 Å². The Kier molecular flexibility index (Phi) is 6.43. The summed E-state index contributed by atoms with van der Waals surface area (Å²) in [6.07, 6.45) is 0.357. The van der Waals surface area contributed by atoms with Gasteiger partial charge in [-0.25, -0.2) is 0 Å². The third-order valence-corrected chi connectivity index (χ3v) is 7.34. The molecule has 0 aromatic heterocycles. The van der Waals surface area contributed by atoms with Crippen molar-refractivity contribution in [3.8, 4) is 0 Å². The standard InChI is InChI=1S/C24H50OSi/c1-21(2,3)16-17(22(4,5)6)19(24(10,11)12)20(25-26(13,14)15)18(16)23(7,8)9/h16-20H,1-15H3. The summed E-state index contributed by atoms with van der Waals surface area (Å²) in [4.78, 5) is 0. The lowest BCUT2D eigenvalue weighted by Crippen LogP contribution is -2.46. The molecule has 0 saturated heterocycles. The predicted octanol–water partition coefficient (Wildman–Crippen LogP) is 7.87. The summed E-state index contributed by atoms with van der Waals surface area (Å²) in [5, 5.41) is 0. The van der Waals surface area contributed by atoms with Gasteiger partial charge in [-0.1, -0.05) is 83.1 Å². The largest absolute Gasteiger partial charge is 0.414 e. The highest BCUT2D eigenvalue weighted by molar-refractivity contribution is 6.69. The normalized spacial score (nSPS) is 32.2. The van der Waals surface area contributed by atoms with Crippen molar-refractivity contribution >= 4 is 8.32 Å². The molecule has 0 radical (unpaired) electrons. The Morgan fingerprint density at radius 2 is 0.692 bits per heavy atom. The molecular weight excluding hydrogens is 332 g/mol. The summed E-state index contributed by atoms with van der Waals surface area (Å²) < 4.78 is 7.07. The lowest BCUT2D eigenvalue weighted by Gasteiger charge is -2.47. The van der Waals surface area contributed by atoms with Gasteiger partial charge in [0.1, 0.15) is 0 Å². The molecule has 0 N–H and O–H groups in total. The molecule has 0 aliphatic heterocycles. The Morgan fingerprint density at radius 3 is 0.846 bits per heavy atom. The minimum absolute atomic E-state index is 0.242. The van der Waals surface area contributed by atoms with E-state index in [4.69, 9.17) is 4.43 Å². The van der Waals surface area contributed by atoms with Crippen molar-refractivity contribution in [3.05, 3.63) is 0 Å². The van der Waals surface area contributed by atoms with Crippen LogP contribution in [0.15, 0.2) is 0 Å². The fraction of sp³-hybridized carbons (Fsp3) is 1.00. The Labute approximate surface area is 167 Å². The van der Waals surface area contributed by atoms with Crippen LogP contribution in [0.4, 0.5) is 0 Å². The van der Waals surface area contributed by atoms with E-state index in [0.717, 1.165) is 0 Å². The molecule has 1 nitrogen and oxygen atoms in total. The van der Waals surface area contributed by atoms with Crippen molar-refractivity contribution in [2.45, 2.75) is 109 Å². The van der Waals surface area contributed by atoms with Crippen LogP contribution in [0.1, 0.15) is 83.1 Å². The van der Waals surface area contributed by atoms with Crippen molar-refractivity contribution in [1.82, 2.24) is 0 Å². The molecular formula is C24H50OSi. The number of rotatable bonds is 2. The van der Waals surface area contributed by atoms with Crippen molar-refractivity contribution in [2.24, 2.45) is 45.3 Å². The molecule has 1 fully saturated rings. The topological polar surface area (TPSA) is 9.23 Å². The Hall–Kier alpha value is 0.177. The molecule has 4 unspecified atom stereocenters. The second kappa shape index (κ2) is 6.90. The average molecular weight is 383 g/mol. The molecule has 2 heteroatoms.